The van der Waals surface area contributed by atoms with Crippen molar-refractivity contribution in [3.8, 4) is 6.07 Å². The molecule has 1 aliphatic heterocycles. The van der Waals surface area contributed by atoms with Crippen molar-refractivity contribution < 1.29 is 4.79 Å². The van der Waals surface area contributed by atoms with E-state index in [1.54, 1.807) is 6.07 Å². The Morgan fingerprint density at radius 1 is 1.35 bits per heavy atom. The second-order valence-corrected chi connectivity index (χ2v) is 5.11. The topological polar surface area (TPSA) is 44.1 Å². The first-order chi connectivity index (χ1) is 8.04. The predicted octanol–water partition coefficient (Wildman–Crippen LogP) is 2.36. The first kappa shape index (κ1) is 11.7. The van der Waals surface area contributed by atoms with E-state index in [1.807, 2.05) is 36.9 Å². The van der Waals surface area contributed by atoms with Gasteiger partial charge in [-0.25, -0.2) is 0 Å². The van der Waals surface area contributed by atoms with Gasteiger partial charge in [-0.15, -0.1) is 0 Å². The number of ketones is 1. The lowest BCUT2D eigenvalue weighted by atomic mass is 9.81. The highest BCUT2D eigenvalue weighted by Gasteiger charge is 2.34. The van der Waals surface area contributed by atoms with Crippen LogP contribution in [0.4, 0.5) is 5.69 Å². The highest BCUT2D eigenvalue weighted by atomic mass is 16.1. The van der Waals surface area contributed by atoms with Crippen molar-refractivity contribution in [2.24, 2.45) is 5.41 Å². The molecule has 1 fully saturated rings. The van der Waals surface area contributed by atoms with E-state index in [4.69, 9.17) is 5.26 Å². The van der Waals surface area contributed by atoms with Crippen molar-refractivity contribution in [1.82, 2.24) is 0 Å². The van der Waals surface area contributed by atoms with E-state index in [1.165, 1.54) is 0 Å². The van der Waals surface area contributed by atoms with Crippen LogP contribution in [0.2, 0.25) is 0 Å². The molecule has 1 aliphatic rings. The van der Waals surface area contributed by atoms with Crippen LogP contribution in [0.1, 0.15) is 25.8 Å². The summed E-state index contributed by atoms with van der Waals surface area (Å²) in [6, 6.07) is 9.62. The van der Waals surface area contributed by atoms with Gasteiger partial charge >= 0.3 is 0 Å². The Balaban J connectivity index is 2.26. The molecule has 17 heavy (non-hydrogen) atoms. The van der Waals surface area contributed by atoms with Gasteiger partial charge in [-0.1, -0.05) is 26.0 Å². The Morgan fingerprint density at radius 3 is 2.71 bits per heavy atom. The summed E-state index contributed by atoms with van der Waals surface area (Å²) in [5, 5.41) is 9.06. The molecule has 0 atom stereocenters. The van der Waals surface area contributed by atoms with E-state index in [9.17, 15) is 4.79 Å². The largest absolute Gasteiger partial charge is 0.363 e. The van der Waals surface area contributed by atoms with Crippen LogP contribution in [0.3, 0.4) is 0 Å². The highest BCUT2D eigenvalue weighted by molar-refractivity contribution is 5.90. The standard InChI is InChI=1S/C14H16N2O/c1-14(2)7-8-16(10-13(14)17)12-6-4-3-5-11(12)9-15/h3-6H,7-8,10H2,1-2H3. The molecule has 3 heteroatoms. The molecule has 1 aromatic carbocycles. The number of nitriles is 1. The van der Waals surface area contributed by atoms with Gasteiger partial charge in [-0.2, -0.15) is 5.26 Å². The summed E-state index contributed by atoms with van der Waals surface area (Å²) >= 11 is 0. The lowest BCUT2D eigenvalue weighted by Crippen LogP contribution is -2.45. The maximum Gasteiger partial charge on any atom is 0.157 e. The molecule has 0 saturated carbocycles. The molecule has 0 amide bonds. The Morgan fingerprint density at radius 2 is 2.06 bits per heavy atom. The molecule has 3 nitrogen and oxygen atoms in total. The van der Waals surface area contributed by atoms with Crippen LogP contribution >= 0.6 is 0 Å². The van der Waals surface area contributed by atoms with Crippen LogP contribution in [0, 0.1) is 16.7 Å². The van der Waals surface area contributed by atoms with Crippen LogP contribution in [-0.2, 0) is 4.79 Å². The molecule has 0 aliphatic carbocycles. The van der Waals surface area contributed by atoms with Crippen LogP contribution in [-0.4, -0.2) is 18.9 Å². The van der Waals surface area contributed by atoms with Crippen LogP contribution in [0.25, 0.3) is 0 Å². The number of hydrogen-bond acceptors (Lipinski definition) is 3. The van der Waals surface area contributed by atoms with E-state index in [-0.39, 0.29) is 11.2 Å². The van der Waals surface area contributed by atoms with Gasteiger partial charge in [0.1, 0.15) is 6.07 Å². The predicted molar refractivity (Wildman–Crippen MR) is 66.8 cm³/mol. The summed E-state index contributed by atoms with van der Waals surface area (Å²) in [7, 11) is 0. The Hall–Kier alpha value is -1.82. The quantitative estimate of drug-likeness (QED) is 0.741. The summed E-state index contributed by atoms with van der Waals surface area (Å²) in [5.74, 6) is 0.247. The number of anilines is 1. The monoisotopic (exact) mass is 228 g/mol. The van der Waals surface area contributed by atoms with E-state index < -0.39 is 0 Å². The number of piperidine rings is 1. The number of nitrogens with zero attached hydrogens (tertiary/aromatic N) is 2. The molecule has 1 saturated heterocycles. The second-order valence-electron chi connectivity index (χ2n) is 5.11. The molecule has 2 rings (SSSR count). The number of benzene rings is 1. The van der Waals surface area contributed by atoms with E-state index in [2.05, 4.69) is 6.07 Å². The summed E-state index contributed by atoms with van der Waals surface area (Å²) in [6.45, 7) is 5.22. The van der Waals surface area contributed by atoms with Crippen LogP contribution in [0.5, 0.6) is 0 Å². The average molecular weight is 228 g/mol. The second kappa shape index (κ2) is 4.21. The third-order valence-corrected chi connectivity index (χ3v) is 3.46. The van der Waals surface area contributed by atoms with Gasteiger partial charge in [0.25, 0.3) is 0 Å². The number of carbonyl (C=O) groups is 1. The van der Waals surface area contributed by atoms with E-state index >= 15 is 0 Å². The zero-order valence-electron chi connectivity index (χ0n) is 10.2. The fraction of sp³-hybridized carbons (Fsp3) is 0.429. The van der Waals surface area contributed by atoms with Crippen LogP contribution < -0.4 is 4.90 Å². The number of Topliss-reactive ketones (excluding diaryl/α,β-unsaturated/α-hetero) is 1. The van der Waals surface area contributed by atoms with Crippen molar-refractivity contribution in [2.45, 2.75) is 20.3 Å². The fourth-order valence-corrected chi connectivity index (χ4v) is 2.07. The number of hydrogen-bond donors (Lipinski definition) is 0. The van der Waals surface area contributed by atoms with Crippen molar-refractivity contribution in [3.63, 3.8) is 0 Å². The molecular formula is C14H16N2O. The first-order valence-corrected chi connectivity index (χ1v) is 5.82. The molecule has 0 radical (unpaired) electrons. The van der Waals surface area contributed by atoms with E-state index in [0.29, 0.717) is 12.1 Å². The van der Waals surface area contributed by atoms with Gasteiger partial charge in [-0.3, -0.25) is 4.79 Å². The first-order valence-electron chi connectivity index (χ1n) is 5.82. The number of carbonyl (C=O) groups excluding carboxylic acids is 1. The summed E-state index contributed by atoms with van der Waals surface area (Å²) in [5.41, 5.74) is 1.29. The van der Waals surface area contributed by atoms with Gasteiger partial charge in [0.05, 0.1) is 17.8 Å². The highest BCUT2D eigenvalue weighted by Crippen LogP contribution is 2.30. The zero-order valence-corrected chi connectivity index (χ0v) is 10.2. The third-order valence-electron chi connectivity index (χ3n) is 3.46. The molecule has 0 N–H and O–H groups in total. The van der Waals surface area contributed by atoms with Crippen molar-refractivity contribution in [1.29, 1.82) is 5.26 Å². The summed E-state index contributed by atoms with van der Waals surface area (Å²) in [6.07, 6.45) is 0.839. The minimum absolute atomic E-state index is 0.224. The van der Waals surface area contributed by atoms with Gasteiger partial charge < -0.3 is 4.90 Å². The maximum absolute atomic E-state index is 12.0. The smallest absolute Gasteiger partial charge is 0.157 e. The molecule has 0 unspecified atom stereocenters. The van der Waals surface area contributed by atoms with Crippen molar-refractivity contribution >= 4 is 11.5 Å². The Bertz CT molecular complexity index is 485. The minimum atomic E-state index is -0.224. The van der Waals surface area contributed by atoms with E-state index in [0.717, 1.165) is 18.7 Å². The SMILES string of the molecule is CC1(C)CCN(c2ccccc2C#N)CC1=O. The molecule has 1 aromatic rings. The normalized spacial score (nSPS) is 18.9. The third kappa shape index (κ3) is 2.16. The van der Waals surface area contributed by atoms with Gasteiger partial charge in [0.2, 0.25) is 0 Å². The number of rotatable bonds is 1. The molecule has 0 bridgehead atoms. The number of para-hydroxylation sites is 1. The van der Waals surface area contributed by atoms with Gasteiger partial charge in [0, 0.05) is 12.0 Å². The average Bonchev–Trinajstić information content (AvgIpc) is 2.33. The molecule has 88 valence electrons. The fourth-order valence-electron chi connectivity index (χ4n) is 2.07. The summed E-state index contributed by atoms with van der Waals surface area (Å²) < 4.78 is 0. The Kier molecular flexibility index (Phi) is 2.89. The lowest BCUT2D eigenvalue weighted by molar-refractivity contribution is -0.127. The van der Waals surface area contributed by atoms with Crippen molar-refractivity contribution in [2.75, 3.05) is 18.0 Å². The zero-order chi connectivity index (χ0) is 12.5. The van der Waals surface area contributed by atoms with Gasteiger partial charge in [0.15, 0.2) is 5.78 Å². The van der Waals surface area contributed by atoms with Gasteiger partial charge in [-0.05, 0) is 18.6 Å². The summed E-state index contributed by atoms with van der Waals surface area (Å²) in [4.78, 5) is 14.0. The maximum atomic E-state index is 12.0. The van der Waals surface area contributed by atoms with Crippen LogP contribution in [0.15, 0.2) is 24.3 Å². The molecule has 0 spiro atoms. The Labute approximate surface area is 102 Å². The molecule has 1 heterocycles. The lowest BCUT2D eigenvalue weighted by Gasteiger charge is -2.37. The molecular weight excluding hydrogens is 212 g/mol. The molecule has 0 aromatic heterocycles. The minimum Gasteiger partial charge on any atom is -0.363 e. The van der Waals surface area contributed by atoms with Crippen molar-refractivity contribution in [3.05, 3.63) is 29.8 Å².